The molecule has 5 rings (SSSR count). The van der Waals surface area contributed by atoms with Gasteiger partial charge in [0.05, 0.1) is 27.8 Å². The lowest BCUT2D eigenvalue weighted by Gasteiger charge is -2.16. The van der Waals surface area contributed by atoms with Crippen LogP contribution in [0.1, 0.15) is 18.5 Å². The molecule has 0 amide bonds. The minimum Gasteiger partial charge on any atom is -0.296 e. The topological polar surface area (TPSA) is 59.4 Å². The van der Waals surface area contributed by atoms with Crippen LogP contribution in [-0.2, 0) is 0 Å². The van der Waals surface area contributed by atoms with E-state index in [9.17, 15) is 0 Å². The predicted molar refractivity (Wildman–Crippen MR) is 108 cm³/mol. The number of hydrogen-bond acceptors (Lipinski definition) is 3. The first kappa shape index (κ1) is 16.0. The number of pyridine rings is 1. The van der Waals surface area contributed by atoms with E-state index in [2.05, 4.69) is 43.8 Å². The Morgan fingerprint density at radius 2 is 1.81 bits per heavy atom. The number of hydrogen-bond donors (Lipinski definition) is 1. The van der Waals surface area contributed by atoms with Gasteiger partial charge < -0.3 is 0 Å². The van der Waals surface area contributed by atoms with Gasteiger partial charge in [0.15, 0.2) is 0 Å². The van der Waals surface area contributed by atoms with E-state index in [4.69, 9.17) is 11.6 Å². The van der Waals surface area contributed by atoms with Crippen molar-refractivity contribution in [2.75, 3.05) is 0 Å². The second kappa shape index (κ2) is 6.21. The zero-order chi connectivity index (χ0) is 18.4. The van der Waals surface area contributed by atoms with Crippen molar-refractivity contribution in [2.24, 2.45) is 0 Å². The molecule has 0 spiro atoms. The molecule has 1 atom stereocenters. The Labute approximate surface area is 160 Å². The van der Waals surface area contributed by atoms with Crippen molar-refractivity contribution in [1.29, 1.82) is 0 Å². The first-order chi connectivity index (χ1) is 13.2. The summed E-state index contributed by atoms with van der Waals surface area (Å²) in [5.74, 6) is 0. The summed E-state index contributed by atoms with van der Waals surface area (Å²) in [5, 5.41) is 5.18. The van der Waals surface area contributed by atoms with Crippen LogP contribution < -0.4 is 0 Å². The smallest absolute Gasteiger partial charge is 0.116 e. The highest BCUT2D eigenvalue weighted by atomic mass is 35.5. The van der Waals surface area contributed by atoms with Crippen LogP contribution in [0.2, 0.25) is 5.02 Å². The molecular formula is C21H16ClN5. The van der Waals surface area contributed by atoms with Crippen molar-refractivity contribution >= 4 is 33.5 Å². The van der Waals surface area contributed by atoms with Gasteiger partial charge in [-0.25, -0.2) is 9.97 Å². The van der Waals surface area contributed by atoms with Gasteiger partial charge in [-0.05, 0) is 30.7 Å². The number of benzene rings is 2. The summed E-state index contributed by atoms with van der Waals surface area (Å²) in [4.78, 5) is 12.8. The van der Waals surface area contributed by atoms with Crippen LogP contribution in [0.25, 0.3) is 33.2 Å². The third-order valence-corrected chi connectivity index (χ3v) is 5.32. The van der Waals surface area contributed by atoms with Crippen LogP contribution in [0.5, 0.6) is 0 Å². The van der Waals surface area contributed by atoms with Crippen LogP contribution in [0, 0.1) is 0 Å². The Kier molecular flexibility index (Phi) is 3.69. The minimum absolute atomic E-state index is 0.0714. The molecule has 0 radical (unpaired) electrons. The molecule has 0 bridgehead atoms. The van der Waals surface area contributed by atoms with Gasteiger partial charge in [0, 0.05) is 23.3 Å². The highest BCUT2D eigenvalue weighted by molar-refractivity contribution is 6.40. The van der Waals surface area contributed by atoms with Crippen molar-refractivity contribution in [3.8, 4) is 11.3 Å². The lowest BCUT2D eigenvalue weighted by atomic mass is 10.1. The average molecular weight is 374 g/mol. The van der Waals surface area contributed by atoms with E-state index in [0.717, 1.165) is 33.2 Å². The number of imidazole rings is 1. The van der Waals surface area contributed by atoms with Crippen molar-refractivity contribution in [1.82, 2.24) is 24.7 Å². The van der Waals surface area contributed by atoms with Crippen molar-refractivity contribution in [3.05, 3.63) is 77.8 Å². The predicted octanol–water partition coefficient (Wildman–Crippen LogP) is 5.24. The number of rotatable bonds is 3. The van der Waals surface area contributed by atoms with Gasteiger partial charge in [0.1, 0.15) is 11.8 Å². The van der Waals surface area contributed by atoms with Gasteiger partial charge in [-0.2, -0.15) is 0 Å². The number of H-pyrrole nitrogens is 1. The van der Waals surface area contributed by atoms with Crippen molar-refractivity contribution in [3.63, 3.8) is 0 Å². The number of fused-ring (bicyclic) bond motifs is 2. The summed E-state index contributed by atoms with van der Waals surface area (Å²) in [6.07, 6.45) is 5.13. The zero-order valence-electron chi connectivity index (χ0n) is 14.6. The summed E-state index contributed by atoms with van der Waals surface area (Å²) in [5.41, 5.74) is 5.66. The second-order valence-corrected chi connectivity index (χ2v) is 6.89. The second-order valence-electron chi connectivity index (χ2n) is 6.51. The van der Waals surface area contributed by atoms with E-state index < -0.39 is 0 Å². The third-order valence-electron chi connectivity index (χ3n) is 4.96. The molecule has 0 aliphatic carbocycles. The molecule has 27 heavy (non-hydrogen) atoms. The van der Waals surface area contributed by atoms with E-state index in [1.54, 1.807) is 18.7 Å². The summed E-state index contributed by atoms with van der Waals surface area (Å²) < 4.78 is 2.11. The fraction of sp³-hybridized carbons (Fsp3) is 0.0952. The highest BCUT2D eigenvalue weighted by Gasteiger charge is 2.21. The van der Waals surface area contributed by atoms with Gasteiger partial charge in [-0.3, -0.25) is 14.8 Å². The van der Waals surface area contributed by atoms with Gasteiger partial charge >= 0.3 is 0 Å². The van der Waals surface area contributed by atoms with Crippen molar-refractivity contribution < 1.29 is 0 Å². The average Bonchev–Trinajstić information content (AvgIpc) is 3.34. The lowest BCUT2D eigenvalue weighted by Crippen LogP contribution is -2.08. The van der Waals surface area contributed by atoms with Crippen LogP contribution in [0.4, 0.5) is 0 Å². The summed E-state index contributed by atoms with van der Waals surface area (Å²) in [6, 6.07) is 16.4. The summed E-state index contributed by atoms with van der Waals surface area (Å²) >= 11 is 6.80. The van der Waals surface area contributed by atoms with E-state index in [-0.39, 0.29) is 6.04 Å². The molecule has 2 aromatic carbocycles. The fourth-order valence-corrected chi connectivity index (χ4v) is 3.90. The van der Waals surface area contributed by atoms with Crippen LogP contribution >= 0.6 is 11.6 Å². The maximum absolute atomic E-state index is 6.80. The zero-order valence-corrected chi connectivity index (χ0v) is 15.4. The fourth-order valence-electron chi connectivity index (χ4n) is 3.56. The van der Waals surface area contributed by atoms with Crippen molar-refractivity contribution in [2.45, 2.75) is 13.0 Å². The largest absolute Gasteiger partial charge is 0.296 e. The molecule has 0 aliphatic heterocycles. The molecule has 0 fully saturated rings. The highest BCUT2D eigenvalue weighted by Crippen LogP contribution is 2.38. The molecule has 0 saturated carbocycles. The minimum atomic E-state index is 0.0714. The molecule has 5 nitrogen and oxygen atoms in total. The van der Waals surface area contributed by atoms with Gasteiger partial charge in [-0.15, -0.1) is 0 Å². The standard InChI is InChI=1S/C21H16ClN5/c1-13(14-5-3-2-4-6-14)27-21-16(11-17-20(18(21)22)25-12-24-17)19(26-27)15-7-9-23-10-8-15/h2-13,26H,1H3/t13-/m1/s1. The quantitative estimate of drug-likeness (QED) is 0.470. The molecular weight excluding hydrogens is 358 g/mol. The SMILES string of the molecule is C[C@H](c1ccccc1)n1[nH]c(-c2ccncc2)c2cc3ncnc3c(Cl)c21. The number of halogens is 1. The van der Waals surface area contributed by atoms with Crippen LogP contribution in [-0.4, -0.2) is 24.7 Å². The summed E-state index contributed by atoms with van der Waals surface area (Å²) in [6.45, 7) is 2.15. The molecule has 6 heteroatoms. The van der Waals surface area contributed by atoms with E-state index in [1.807, 2.05) is 36.4 Å². The first-order valence-electron chi connectivity index (χ1n) is 8.72. The van der Waals surface area contributed by atoms with Gasteiger partial charge in [-0.1, -0.05) is 41.9 Å². The van der Waals surface area contributed by atoms with E-state index >= 15 is 0 Å². The number of nitrogens with one attached hydrogen (secondary N) is 1. The van der Waals surface area contributed by atoms with Crippen LogP contribution in [0.3, 0.4) is 0 Å². The monoisotopic (exact) mass is 373 g/mol. The Morgan fingerprint density at radius 3 is 2.59 bits per heavy atom. The Balaban J connectivity index is 1.85. The van der Waals surface area contributed by atoms with E-state index in [0.29, 0.717) is 5.02 Å². The maximum atomic E-state index is 6.80. The van der Waals surface area contributed by atoms with E-state index in [1.165, 1.54) is 5.56 Å². The number of aromatic amines is 1. The molecule has 3 heterocycles. The van der Waals surface area contributed by atoms with Crippen LogP contribution in [0.15, 0.2) is 67.3 Å². The molecule has 0 aliphatic rings. The molecule has 1 N–H and O–H groups in total. The normalized spacial score (nSPS) is 12.7. The molecule has 0 unspecified atom stereocenters. The number of aromatic nitrogens is 5. The Bertz CT molecular complexity index is 1240. The number of nitrogens with zero attached hydrogens (tertiary/aromatic N) is 4. The first-order valence-corrected chi connectivity index (χ1v) is 9.10. The van der Waals surface area contributed by atoms with Gasteiger partial charge in [0.25, 0.3) is 0 Å². The Hall–Kier alpha value is -3.18. The van der Waals surface area contributed by atoms with Gasteiger partial charge in [0.2, 0.25) is 0 Å². The summed E-state index contributed by atoms with van der Waals surface area (Å²) in [7, 11) is 0. The maximum Gasteiger partial charge on any atom is 0.116 e. The molecule has 3 aromatic heterocycles. The Morgan fingerprint density at radius 1 is 1.04 bits per heavy atom. The molecule has 0 saturated heterocycles. The lowest BCUT2D eigenvalue weighted by molar-refractivity contribution is 0.586. The third kappa shape index (κ3) is 2.51. The molecule has 5 aromatic rings. The molecule has 132 valence electrons.